The summed E-state index contributed by atoms with van der Waals surface area (Å²) in [7, 11) is 4.06. The molecule has 0 aliphatic rings. The fourth-order valence-electron chi connectivity index (χ4n) is 2.40. The molecule has 3 nitrogen and oxygen atoms in total. The molecule has 1 N–H and O–H groups in total. The maximum Gasteiger partial charge on any atom is 0.0916 e. The van der Waals surface area contributed by atoms with E-state index in [4.69, 9.17) is 0 Å². The number of unbranched alkanes of at least 4 members (excludes halogenated alkanes) is 2. The maximum absolute atomic E-state index is 10.5. The number of aliphatic hydroxyl groups is 1. The quantitative estimate of drug-likeness (QED) is 0.712. The predicted molar refractivity (Wildman–Crippen MR) is 92.0 cm³/mol. The summed E-state index contributed by atoms with van der Waals surface area (Å²) >= 11 is 0. The highest BCUT2D eigenvalue weighted by molar-refractivity contribution is 5.46. The number of hydrogen-bond acceptors (Lipinski definition) is 3. The third kappa shape index (κ3) is 6.49. The van der Waals surface area contributed by atoms with Crippen molar-refractivity contribution in [2.45, 2.75) is 45.6 Å². The van der Waals surface area contributed by atoms with Gasteiger partial charge in [0.05, 0.1) is 6.10 Å². The van der Waals surface area contributed by atoms with Crippen LogP contribution in [-0.2, 0) is 0 Å². The van der Waals surface area contributed by atoms with E-state index in [0.717, 1.165) is 25.2 Å². The Bertz CT molecular complexity index is 367. The van der Waals surface area contributed by atoms with Crippen LogP contribution in [0.3, 0.4) is 0 Å². The zero-order valence-corrected chi connectivity index (χ0v) is 14.2. The molecule has 0 fully saturated rings. The van der Waals surface area contributed by atoms with Crippen LogP contribution in [0.1, 0.15) is 51.2 Å². The van der Waals surface area contributed by atoms with E-state index in [9.17, 15) is 5.11 Å². The lowest BCUT2D eigenvalue weighted by molar-refractivity contribution is 0.111. The Morgan fingerprint density at radius 2 is 1.48 bits per heavy atom. The van der Waals surface area contributed by atoms with Crippen LogP contribution in [0.4, 0.5) is 5.69 Å². The Balaban J connectivity index is 2.59. The first kappa shape index (κ1) is 18.0. The van der Waals surface area contributed by atoms with Crippen molar-refractivity contribution in [3.05, 3.63) is 29.8 Å². The van der Waals surface area contributed by atoms with Crippen molar-refractivity contribution in [1.82, 2.24) is 4.90 Å². The molecular weight excluding hydrogens is 260 g/mol. The predicted octanol–water partition coefficient (Wildman–Crippen LogP) is 3.69. The highest BCUT2D eigenvalue weighted by atomic mass is 16.3. The van der Waals surface area contributed by atoms with Crippen molar-refractivity contribution in [3.63, 3.8) is 0 Å². The van der Waals surface area contributed by atoms with Gasteiger partial charge in [-0.05, 0) is 43.6 Å². The zero-order valence-electron chi connectivity index (χ0n) is 14.2. The Kier molecular flexibility index (Phi) is 8.40. The molecule has 0 saturated carbocycles. The van der Waals surface area contributed by atoms with Gasteiger partial charge in [0.2, 0.25) is 0 Å². The Morgan fingerprint density at radius 1 is 0.952 bits per heavy atom. The molecule has 0 amide bonds. The van der Waals surface area contributed by atoms with E-state index in [1.165, 1.54) is 31.4 Å². The van der Waals surface area contributed by atoms with Gasteiger partial charge in [-0.25, -0.2) is 0 Å². The Labute approximate surface area is 130 Å². The molecule has 3 heteroatoms. The molecule has 0 spiro atoms. The molecule has 1 aromatic carbocycles. The summed E-state index contributed by atoms with van der Waals surface area (Å²) in [5.41, 5.74) is 2.18. The second kappa shape index (κ2) is 9.80. The minimum absolute atomic E-state index is 0.394. The van der Waals surface area contributed by atoms with E-state index >= 15 is 0 Å². The van der Waals surface area contributed by atoms with Gasteiger partial charge in [-0.1, -0.05) is 38.8 Å². The lowest BCUT2D eigenvalue weighted by Crippen LogP contribution is -2.30. The first-order chi connectivity index (χ1) is 10.1. The first-order valence-corrected chi connectivity index (χ1v) is 8.26. The standard InChI is InChI=1S/C18H32N2O/c1-5-7-13-20(14-8-6-2)15-18(21)16-9-11-17(12-10-16)19(3)4/h9-12,18,21H,5-8,13-15H2,1-4H3. The van der Waals surface area contributed by atoms with Gasteiger partial charge in [-0.2, -0.15) is 0 Å². The molecule has 0 saturated heterocycles. The lowest BCUT2D eigenvalue weighted by Gasteiger charge is -2.25. The highest BCUT2D eigenvalue weighted by Gasteiger charge is 2.13. The Hall–Kier alpha value is -1.06. The average molecular weight is 292 g/mol. The summed E-state index contributed by atoms with van der Waals surface area (Å²) in [6, 6.07) is 8.22. The van der Waals surface area contributed by atoms with Crippen LogP contribution in [-0.4, -0.2) is 43.7 Å². The minimum Gasteiger partial charge on any atom is -0.387 e. The van der Waals surface area contributed by atoms with Crippen molar-refractivity contribution in [2.24, 2.45) is 0 Å². The number of nitrogens with zero attached hydrogens (tertiary/aromatic N) is 2. The van der Waals surface area contributed by atoms with Crippen molar-refractivity contribution >= 4 is 5.69 Å². The smallest absolute Gasteiger partial charge is 0.0916 e. The summed E-state index contributed by atoms with van der Waals surface area (Å²) in [4.78, 5) is 4.47. The van der Waals surface area contributed by atoms with E-state index in [0.29, 0.717) is 0 Å². The van der Waals surface area contributed by atoms with E-state index in [2.05, 4.69) is 35.8 Å². The van der Waals surface area contributed by atoms with Crippen LogP contribution in [0.5, 0.6) is 0 Å². The largest absolute Gasteiger partial charge is 0.387 e. The molecular formula is C18H32N2O. The van der Waals surface area contributed by atoms with Gasteiger partial charge < -0.3 is 14.9 Å². The van der Waals surface area contributed by atoms with Crippen LogP contribution < -0.4 is 4.90 Å². The maximum atomic E-state index is 10.5. The normalized spacial score (nSPS) is 12.7. The van der Waals surface area contributed by atoms with Gasteiger partial charge in [-0.3, -0.25) is 0 Å². The monoisotopic (exact) mass is 292 g/mol. The topological polar surface area (TPSA) is 26.7 Å². The lowest BCUT2D eigenvalue weighted by atomic mass is 10.1. The molecule has 0 aliphatic carbocycles. The van der Waals surface area contributed by atoms with Crippen LogP contribution in [0, 0.1) is 0 Å². The van der Waals surface area contributed by atoms with Crippen LogP contribution in [0.25, 0.3) is 0 Å². The molecule has 0 aromatic heterocycles. The summed E-state index contributed by atoms with van der Waals surface area (Å²) in [5, 5.41) is 10.5. The Morgan fingerprint density at radius 3 is 1.90 bits per heavy atom. The third-order valence-electron chi connectivity index (χ3n) is 3.88. The number of anilines is 1. The molecule has 0 aliphatic heterocycles. The number of benzene rings is 1. The summed E-state index contributed by atoms with van der Waals surface area (Å²) < 4.78 is 0. The molecule has 1 unspecified atom stereocenters. The third-order valence-corrected chi connectivity index (χ3v) is 3.88. The molecule has 0 bridgehead atoms. The van der Waals surface area contributed by atoms with E-state index < -0.39 is 6.10 Å². The van der Waals surface area contributed by atoms with Gasteiger partial charge in [0.1, 0.15) is 0 Å². The molecule has 0 radical (unpaired) electrons. The number of hydrogen-bond donors (Lipinski definition) is 1. The minimum atomic E-state index is -0.394. The second-order valence-electron chi connectivity index (χ2n) is 6.01. The van der Waals surface area contributed by atoms with Crippen LogP contribution >= 0.6 is 0 Å². The second-order valence-corrected chi connectivity index (χ2v) is 6.01. The molecule has 1 rings (SSSR count). The van der Waals surface area contributed by atoms with Gasteiger partial charge in [0.25, 0.3) is 0 Å². The fraction of sp³-hybridized carbons (Fsp3) is 0.667. The molecule has 1 atom stereocenters. The van der Waals surface area contributed by atoms with Gasteiger partial charge in [0.15, 0.2) is 0 Å². The zero-order chi connectivity index (χ0) is 15.7. The number of rotatable bonds is 10. The molecule has 1 aromatic rings. The molecule has 120 valence electrons. The van der Waals surface area contributed by atoms with E-state index in [1.807, 2.05) is 26.2 Å². The highest BCUT2D eigenvalue weighted by Crippen LogP contribution is 2.19. The summed E-state index contributed by atoms with van der Waals surface area (Å²) in [5.74, 6) is 0. The van der Waals surface area contributed by atoms with Gasteiger partial charge in [0, 0.05) is 26.3 Å². The van der Waals surface area contributed by atoms with Crippen molar-refractivity contribution in [3.8, 4) is 0 Å². The van der Waals surface area contributed by atoms with Crippen LogP contribution in [0.2, 0.25) is 0 Å². The number of aliphatic hydroxyl groups excluding tert-OH is 1. The van der Waals surface area contributed by atoms with E-state index in [-0.39, 0.29) is 0 Å². The van der Waals surface area contributed by atoms with Crippen molar-refractivity contribution < 1.29 is 5.11 Å². The van der Waals surface area contributed by atoms with Crippen molar-refractivity contribution in [1.29, 1.82) is 0 Å². The van der Waals surface area contributed by atoms with Crippen LogP contribution in [0.15, 0.2) is 24.3 Å². The van der Waals surface area contributed by atoms with E-state index in [1.54, 1.807) is 0 Å². The molecule has 21 heavy (non-hydrogen) atoms. The SMILES string of the molecule is CCCCN(CCCC)CC(O)c1ccc(N(C)C)cc1. The summed E-state index contributed by atoms with van der Waals surface area (Å²) in [6.07, 6.45) is 4.42. The molecule has 0 heterocycles. The first-order valence-electron chi connectivity index (χ1n) is 8.26. The summed E-state index contributed by atoms with van der Waals surface area (Å²) in [6.45, 7) is 7.34. The van der Waals surface area contributed by atoms with Gasteiger partial charge >= 0.3 is 0 Å². The average Bonchev–Trinajstić information content (AvgIpc) is 2.49. The van der Waals surface area contributed by atoms with Gasteiger partial charge in [-0.15, -0.1) is 0 Å². The van der Waals surface area contributed by atoms with Crippen molar-refractivity contribution in [2.75, 3.05) is 38.6 Å². The fourth-order valence-corrected chi connectivity index (χ4v) is 2.40.